The van der Waals surface area contributed by atoms with Gasteiger partial charge in [0.15, 0.2) is 0 Å². The number of aromatic nitrogens is 2. The van der Waals surface area contributed by atoms with Crippen LogP contribution < -0.4 is 16.2 Å². The molecule has 1 aliphatic rings. The zero-order valence-corrected chi connectivity index (χ0v) is 11.1. The molecular weight excluding hydrogens is 319 g/mol. The number of hydrogen-bond acceptors (Lipinski definition) is 4. The summed E-state index contributed by atoms with van der Waals surface area (Å²) in [7, 11) is 0. The molecular formula is C10H15IN4O. The highest BCUT2D eigenvalue weighted by molar-refractivity contribution is 14.1. The van der Waals surface area contributed by atoms with Crippen LogP contribution in [0.4, 0.5) is 5.82 Å². The molecule has 2 rings (SSSR count). The first-order valence-corrected chi connectivity index (χ1v) is 6.52. The van der Waals surface area contributed by atoms with Gasteiger partial charge in [0.25, 0.3) is 5.56 Å². The molecule has 0 amide bonds. The van der Waals surface area contributed by atoms with Crippen molar-refractivity contribution in [2.24, 2.45) is 5.73 Å². The summed E-state index contributed by atoms with van der Waals surface area (Å²) in [5.41, 5.74) is 5.46. The Morgan fingerprint density at radius 1 is 1.62 bits per heavy atom. The van der Waals surface area contributed by atoms with Crippen LogP contribution in [-0.4, -0.2) is 29.1 Å². The third-order valence-corrected chi connectivity index (χ3v) is 3.61. The van der Waals surface area contributed by atoms with Crippen molar-refractivity contribution in [1.82, 2.24) is 9.97 Å². The molecule has 0 radical (unpaired) electrons. The molecule has 88 valence electrons. The summed E-state index contributed by atoms with van der Waals surface area (Å²) in [5.74, 6) is 0.806. The van der Waals surface area contributed by atoms with Crippen LogP contribution in [-0.2, 0) is 0 Å². The van der Waals surface area contributed by atoms with Crippen molar-refractivity contribution in [2.45, 2.75) is 25.3 Å². The molecule has 16 heavy (non-hydrogen) atoms. The third-order valence-electron chi connectivity index (χ3n) is 2.64. The number of hydrogen-bond donors (Lipinski definition) is 2. The van der Waals surface area contributed by atoms with Crippen LogP contribution in [0.5, 0.6) is 0 Å². The molecule has 1 heterocycles. The Labute approximate surface area is 108 Å². The standard InChI is InChI=1S/C10H15IN4O/c11-8-9(13-6-14-10(8)16)15(5-1-4-12)7-2-3-7/h6-7H,1-5,12H2,(H,13,14,16). The van der Waals surface area contributed by atoms with Crippen LogP contribution in [0.2, 0.25) is 0 Å². The average molecular weight is 334 g/mol. The van der Waals surface area contributed by atoms with Gasteiger partial charge >= 0.3 is 0 Å². The highest BCUT2D eigenvalue weighted by Crippen LogP contribution is 2.31. The van der Waals surface area contributed by atoms with Crippen molar-refractivity contribution in [3.05, 3.63) is 20.3 Å². The van der Waals surface area contributed by atoms with Gasteiger partial charge in [-0.3, -0.25) is 4.79 Å². The van der Waals surface area contributed by atoms with Gasteiger partial charge in [-0.15, -0.1) is 0 Å². The highest BCUT2D eigenvalue weighted by Gasteiger charge is 2.31. The molecule has 0 saturated heterocycles. The SMILES string of the molecule is NCCCN(c1nc[nH]c(=O)c1I)C1CC1. The summed E-state index contributed by atoms with van der Waals surface area (Å²) < 4.78 is 0.670. The maximum Gasteiger partial charge on any atom is 0.266 e. The highest BCUT2D eigenvalue weighted by atomic mass is 127. The molecule has 0 aliphatic heterocycles. The first kappa shape index (κ1) is 11.8. The van der Waals surface area contributed by atoms with Crippen LogP contribution in [0.3, 0.4) is 0 Å². The lowest BCUT2D eigenvalue weighted by atomic mass is 10.3. The fourth-order valence-electron chi connectivity index (χ4n) is 1.68. The van der Waals surface area contributed by atoms with Gasteiger partial charge in [0, 0.05) is 12.6 Å². The third kappa shape index (κ3) is 2.54. The quantitative estimate of drug-likeness (QED) is 0.777. The number of halogens is 1. The number of rotatable bonds is 5. The van der Waals surface area contributed by atoms with Crippen LogP contribution >= 0.6 is 22.6 Å². The zero-order valence-electron chi connectivity index (χ0n) is 8.95. The number of anilines is 1. The maximum absolute atomic E-state index is 11.5. The van der Waals surface area contributed by atoms with Crippen LogP contribution in [0, 0.1) is 3.57 Å². The van der Waals surface area contributed by atoms with E-state index in [1.54, 1.807) is 0 Å². The van der Waals surface area contributed by atoms with Gasteiger partial charge in [0.05, 0.1) is 6.33 Å². The monoisotopic (exact) mass is 334 g/mol. The summed E-state index contributed by atoms with van der Waals surface area (Å²) in [6.07, 6.45) is 4.78. The molecule has 1 aromatic heterocycles. The zero-order chi connectivity index (χ0) is 11.5. The molecule has 0 bridgehead atoms. The molecule has 3 N–H and O–H groups in total. The molecule has 0 spiro atoms. The second-order valence-corrected chi connectivity index (χ2v) is 5.01. The smallest absolute Gasteiger partial charge is 0.266 e. The van der Waals surface area contributed by atoms with Crippen molar-refractivity contribution in [2.75, 3.05) is 18.0 Å². The first-order valence-electron chi connectivity index (χ1n) is 5.44. The van der Waals surface area contributed by atoms with Crippen molar-refractivity contribution >= 4 is 28.4 Å². The largest absolute Gasteiger partial charge is 0.352 e. The Balaban J connectivity index is 2.24. The number of nitrogens with zero attached hydrogens (tertiary/aromatic N) is 2. The molecule has 1 fully saturated rings. The number of nitrogens with one attached hydrogen (secondary N) is 1. The van der Waals surface area contributed by atoms with Gasteiger partial charge < -0.3 is 15.6 Å². The molecule has 0 atom stereocenters. The molecule has 1 saturated carbocycles. The van der Waals surface area contributed by atoms with E-state index in [1.165, 1.54) is 19.2 Å². The van der Waals surface area contributed by atoms with Crippen molar-refractivity contribution in [3.63, 3.8) is 0 Å². The Morgan fingerprint density at radius 3 is 3.00 bits per heavy atom. The maximum atomic E-state index is 11.5. The minimum absolute atomic E-state index is 0.0657. The summed E-state index contributed by atoms with van der Waals surface area (Å²) in [6.45, 7) is 1.55. The molecule has 6 heteroatoms. The van der Waals surface area contributed by atoms with Crippen LogP contribution in [0.25, 0.3) is 0 Å². The van der Waals surface area contributed by atoms with Crippen LogP contribution in [0.15, 0.2) is 11.1 Å². The average Bonchev–Trinajstić information content (AvgIpc) is 3.08. The summed E-state index contributed by atoms with van der Waals surface area (Å²) in [6, 6.07) is 0.550. The van der Waals surface area contributed by atoms with Gasteiger partial charge in [-0.05, 0) is 48.4 Å². The van der Waals surface area contributed by atoms with E-state index < -0.39 is 0 Å². The predicted octanol–water partition coefficient (Wildman–Crippen LogP) is 0.692. The van der Waals surface area contributed by atoms with Gasteiger partial charge in [-0.1, -0.05) is 0 Å². The van der Waals surface area contributed by atoms with Crippen molar-refractivity contribution in [1.29, 1.82) is 0 Å². The van der Waals surface area contributed by atoms with Crippen molar-refractivity contribution < 1.29 is 0 Å². The van der Waals surface area contributed by atoms with Gasteiger partial charge in [0.2, 0.25) is 0 Å². The lowest BCUT2D eigenvalue weighted by molar-refractivity contribution is 0.718. The molecule has 1 aliphatic carbocycles. The van der Waals surface area contributed by atoms with E-state index in [9.17, 15) is 4.79 Å². The lowest BCUT2D eigenvalue weighted by Gasteiger charge is -2.23. The first-order chi connectivity index (χ1) is 7.74. The Kier molecular flexibility index (Phi) is 3.80. The van der Waals surface area contributed by atoms with Gasteiger partial charge in [0.1, 0.15) is 9.39 Å². The topological polar surface area (TPSA) is 75.0 Å². The Morgan fingerprint density at radius 2 is 2.38 bits per heavy atom. The van der Waals surface area contributed by atoms with Crippen LogP contribution in [0.1, 0.15) is 19.3 Å². The van der Waals surface area contributed by atoms with E-state index >= 15 is 0 Å². The van der Waals surface area contributed by atoms with E-state index in [4.69, 9.17) is 5.73 Å². The molecule has 0 unspecified atom stereocenters. The van der Waals surface area contributed by atoms with E-state index in [0.717, 1.165) is 18.8 Å². The van der Waals surface area contributed by atoms with E-state index in [1.807, 2.05) is 0 Å². The normalized spacial score (nSPS) is 15.1. The summed E-state index contributed by atoms with van der Waals surface area (Å²) in [4.78, 5) is 20.6. The Hall–Kier alpha value is -0.630. The van der Waals surface area contributed by atoms with Gasteiger partial charge in [-0.2, -0.15) is 0 Å². The second kappa shape index (κ2) is 5.13. The number of nitrogens with two attached hydrogens (primary N) is 1. The second-order valence-electron chi connectivity index (χ2n) is 3.94. The predicted molar refractivity (Wildman–Crippen MR) is 71.6 cm³/mol. The fraction of sp³-hybridized carbons (Fsp3) is 0.600. The fourth-order valence-corrected chi connectivity index (χ4v) is 2.29. The number of H-pyrrole nitrogens is 1. The minimum atomic E-state index is -0.0657. The minimum Gasteiger partial charge on any atom is -0.352 e. The van der Waals surface area contributed by atoms with Crippen molar-refractivity contribution in [3.8, 4) is 0 Å². The molecule has 0 aromatic carbocycles. The summed E-state index contributed by atoms with van der Waals surface area (Å²) >= 11 is 2.05. The van der Waals surface area contributed by atoms with E-state index in [-0.39, 0.29) is 5.56 Å². The Bertz CT molecular complexity index is 416. The van der Waals surface area contributed by atoms with E-state index in [2.05, 4.69) is 37.5 Å². The number of aromatic amines is 1. The van der Waals surface area contributed by atoms with E-state index in [0.29, 0.717) is 16.2 Å². The lowest BCUT2D eigenvalue weighted by Crippen LogP contribution is -2.31. The summed E-state index contributed by atoms with van der Waals surface area (Å²) in [5, 5.41) is 0. The molecule has 5 nitrogen and oxygen atoms in total. The van der Waals surface area contributed by atoms with Gasteiger partial charge in [-0.25, -0.2) is 4.98 Å². The molecule has 1 aromatic rings.